The quantitative estimate of drug-likeness (QED) is 0.866. The molecular formula is C14H14N2O2. The zero-order chi connectivity index (χ0) is 12.8. The molecule has 4 nitrogen and oxygen atoms in total. The smallest absolute Gasteiger partial charge is 0.404 e. The first-order valence-corrected chi connectivity index (χ1v) is 5.72. The van der Waals surface area contributed by atoms with Crippen molar-refractivity contribution in [2.45, 2.75) is 6.42 Å². The number of hydrogen-bond acceptors (Lipinski definition) is 2. The summed E-state index contributed by atoms with van der Waals surface area (Å²) in [6.45, 7) is 0.409. The maximum absolute atomic E-state index is 10.4. The normalized spacial score (nSPS) is 10.0. The molecule has 0 unspecified atom stereocenters. The predicted molar refractivity (Wildman–Crippen MR) is 69.4 cm³/mol. The van der Waals surface area contributed by atoms with E-state index < -0.39 is 6.09 Å². The van der Waals surface area contributed by atoms with Crippen molar-refractivity contribution in [1.29, 1.82) is 0 Å². The van der Waals surface area contributed by atoms with Gasteiger partial charge in [0.1, 0.15) is 0 Å². The van der Waals surface area contributed by atoms with Gasteiger partial charge in [0.25, 0.3) is 0 Å². The molecule has 0 aliphatic carbocycles. The minimum atomic E-state index is -0.992. The van der Waals surface area contributed by atoms with E-state index in [0.717, 1.165) is 16.7 Å². The fourth-order valence-electron chi connectivity index (χ4n) is 1.85. The van der Waals surface area contributed by atoms with Crippen molar-refractivity contribution < 1.29 is 9.90 Å². The second-order valence-electron chi connectivity index (χ2n) is 3.88. The number of hydrogen-bond donors (Lipinski definition) is 2. The van der Waals surface area contributed by atoms with Crippen LogP contribution in [-0.4, -0.2) is 22.7 Å². The summed E-state index contributed by atoms with van der Waals surface area (Å²) in [7, 11) is 0. The Morgan fingerprint density at radius 2 is 2.06 bits per heavy atom. The molecule has 0 aliphatic rings. The van der Waals surface area contributed by atoms with Crippen molar-refractivity contribution in [3.05, 3.63) is 54.4 Å². The van der Waals surface area contributed by atoms with Crippen LogP contribution in [0.5, 0.6) is 0 Å². The van der Waals surface area contributed by atoms with Gasteiger partial charge >= 0.3 is 6.09 Å². The molecule has 0 fully saturated rings. The lowest BCUT2D eigenvalue weighted by Crippen LogP contribution is -2.23. The Morgan fingerprint density at radius 3 is 2.78 bits per heavy atom. The number of aromatic nitrogens is 1. The highest BCUT2D eigenvalue weighted by atomic mass is 16.4. The van der Waals surface area contributed by atoms with Crippen molar-refractivity contribution in [2.75, 3.05) is 6.54 Å². The highest BCUT2D eigenvalue weighted by Crippen LogP contribution is 2.22. The standard InChI is InChI=1S/C14H14N2O2/c17-14(18)16-9-7-11-4-1-2-6-13(11)12-5-3-8-15-10-12/h1-6,8,10,16H,7,9H2,(H,17,18). The first-order valence-electron chi connectivity index (χ1n) is 5.72. The summed E-state index contributed by atoms with van der Waals surface area (Å²) in [4.78, 5) is 14.5. The molecule has 2 N–H and O–H groups in total. The van der Waals surface area contributed by atoms with E-state index in [1.54, 1.807) is 6.20 Å². The number of nitrogens with zero attached hydrogens (tertiary/aromatic N) is 1. The van der Waals surface area contributed by atoms with Crippen LogP contribution in [0.3, 0.4) is 0 Å². The van der Waals surface area contributed by atoms with Crippen LogP contribution in [0.15, 0.2) is 48.8 Å². The second-order valence-corrected chi connectivity index (χ2v) is 3.88. The van der Waals surface area contributed by atoms with Gasteiger partial charge in [-0.2, -0.15) is 0 Å². The number of pyridine rings is 1. The maximum atomic E-state index is 10.4. The summed E-state index contributed by atoms with van der Waals surface area (Å²) < 4.78 is 0. The Morgan fingerprint density at radius 1 is 1.22 bits per heavy atom. The molecule has 0 saturated heterocycles. The Labute approximate surface area is 105 Å². The second kappa shape index (κ2) is 5.82. The SMILES string of the molecule is O=C(O)NCCc1ccccc1-c1cccnc1. The average molecular weight is 242 g/mol. The Balaban J connectivity index is 2.18. The molecular weight excluding hydrogens is 228 g/mol. The lowest BCUT2D eigenvalue weighted by molar-refractivity contribution is 0.194. The Bertz CT molecular complexity index is 526. The maximum Gasteiger partial charge on any atom is 0.404 e. The van der Waals surface area contributed by atoms with Crippen molar-refractivity contribution in [1.82, 2.24) is 10.3 Å². The molecule has 2 rings (SSSR count). The molecule has 0 atom stereocenters. The highest BCUT2D eigenvalue weighted by molar-refractivity contribution is 5.67. The van der Waals surface area contributed by atoms with Gasteiger partial charge in [0, 0.05) is 24.5 Å². The molecule has 1 amide bonds. The minimum absolute atomic E-state index is 0.409. The van der Waals surface area contributed by atoms with Gasteiger partial charge in [-0.1, -0.05) is 30.3 Å². The van der Waals surface area contributed by atoms with E-state index in [4.69, 9.17) is 5.11 Å². The molecule has 4 heteroatoms. The monoisotopic (exact) mass is 242 g/mol. The van der Waals surface area contributed by atoms with Crippen LogP contribution < -0.4 is 5.32 Å². The number of nitrogens with one attached hydrogen (secondary N) is 1. The van der Waals surface area contributed by atoms with Gasteiger partial charge in [0.2, 0.25) is 0 Å². The lowest BCUT2D eigenvalue weighted by atomic mass is 9.99. The van der Waals surface area contributed by atoms with E-state index >= 15 is 0 Å². The number of carboxylic acid groups (broad SMARTS) is 1. The molecule has 0 aliphatic heterocycles. The average Bonchev–Trinajstić information content (AvgIpc) is 2.40. The van der Waals surface area contributed by atoms with Crippen molar-refractivity contribution >= 4 is 6.09 Å². The van der Waals surface area contributed by atoms with Gasteiger partial charge in [-0.15, -0.1) is 0 Å². The van der Waals surface area contributed by atoms with Gasteiger partial charge in [-0.05, 0) is 23.6 Å². The van der Waals surface area contributed by atoms with Crippen LogP contribution in [0.1, 0.15) is 5.56 Å². The first-order chi connectivity index (χ1) is 8.77. The molecule has 0 radical (unpaired) electrons. The van der Waals surface area contributed by atoms with Crippen molar-refractivity contribution in [3.8, 4) is 11.1 Å². The molecule has 0 saturated carbocycles. The predicted octanol–water partition coefficient (Wildman–Crippen LogP) is 2.56. The van der Waals surface area contributed by atoms with E-state index in [-0.39, 0.29) is 0 Å². The molecule has 1 aromatic heterocycles. The van der Waals surface area contributed by atoms with Gasteiger partial charge < -0.3 is 10.4 Å². The van der Waals surface area contributed by atoms with E-state index in [2.05, 4.69) is 10.3 Å². The largest absolute Gasteiger partial charge is 0.465 e. The zero-order valence-corrected chi connectivity index (χ0v) is 9.84. The van der Waals surface area contributed by atoms with E-state index in [1.165, 1.54) is 0 Å². The summed E-state index contributed by atoms with van der Waals surface area (Å²) in [6, 6.07) is 11.8. The number of carbonyl (C=O) groups is 1. The van der Waals surface area contributed by atoms with E-state index in [9.17, 15) is 4.79 Å². The van der Waals surface area contributed by atoms with Crippen molar-refractivity contribution in [2.24, 2.45) is 0 Å². The number of amides is 1. The third kappa shape index (κ3) is 3.07. The molecule has 92 valence electrons. The summed E-state index contributed by atoms with van der Waals surface area (Å²) in [5.41, 5.74) is 3.25. The molecule has 18 heavy (non-hydrogen) atoms. The summed E-state index contributed by atoms with van der Waals surface area (Å²) >= 11 is 0. The molecule has 0 bridgehead atoms. The van der Waals surface area contributed by atoms with E-state index in [1.807, 2.05) is 42.6 Å². The summed E-state index contributed by atoms with van der Waals surface area (Å²) in [6.07, 6.45) is 3.22. The fraction of sp³-hybridized carbons (Fsp3) is 0.143. The fourth-order valence-corrected chi connectivity index (χ4v) is 1.85. The lowest BCUT2D eigenvalue weighted by Gasteiger charge is -2.09. The van der Waals surface area contributed by atoms with Gasteiger partial charge in [0.15, 0.2) is 0 Å². The minimum Gasteiger partial charge on any atom is -0.465 e. The highest BCUT2D eigenvalue weighted by Gasteiger charge is 2.04. The molecule has 1 heterocycles. The van der Waals surface area contributed by atoms with Crippen molar-refractivity contribution in [3.63, 3.8) is 0 Å². The molecule has 2 aromatic rings. The third-order valence-electron chi connectivity index (χ3n) is 2.66. The van der Waals surface area contributed by atoms with Crippen LogP contribution in [0, 0.1) is 0 Å². The van der Waals surface area contributed by atoms with Crippen LogP contribution in [-0.2, 0) is 6.42 Å². The van der Waals surface area contributed by atoms with Crippen LogP contribution >= 0.6 is 0 Å². The van der Waals surface area contributed by atoms with E-state index in [0.29, 0.717) is 13.0 Å². The number of benzene rings is 1. The van der Waals surface area contributed by atoms with Crippen LogP contribution in [0.4, 0.5) is 4.79 Å². The first kappa shape index (κ1) is 12.1. The molecule has 1 aromatic carbocycles. The zero-order valence-electron chi connectivity index (χ0n) is 9.84. The Kier molecular flexibility index (Phi) is 3.91. The summed E-state index contributed by atoms with van der Waals surface area (Å²) in [5, 5.41) is 10.9. The van der Waals surface area contributed by atoms with Gasteiger partial charge in [-0.25, -0.2) is 4.79 Å². The van der Waals surface area contributed by atoms with Crippen LogP contribution in [0.2, 0.25) is 0 Å². The number of rotatable bonds is 4. The topological polar surface area (TPSA) is 62.2 Å². The Hall–Kier alpha value is -2.36. The van der Waals surface area contributed by atoms with Crippen LogP contribution in [0.25, 0.3) is 11.1 Å². The van der Waals surface area contributed by atoms with Gasteiger partial charge in [0.05, 0.1) is 0 Å². The summed E-state index contributed by atoms with van der Waals surface area (Å²) in [5.74, 6) is 0. The third-order valence-corrected chi connectivity index (χ3v) is 2.66. The van der Waals surface area contributed by atoms with Gasteiger partial charge in [-0.3, -0.25) is 4.98 Å². The molecule has 0 spiro atoms.